The summed E-state index contributed by atoms with van der Waals surface area (Å²) in [7, 11) is 0. The molecule has 0 unspecified atom stereocenters. The molecule has 5 heteroatoms. The van der Waals surface area contributed by atoms with Crippen LogP contribution in [-0.2, 0) is 0 Å². The van der Waals surface area contributed by atoms with Crippen molar-refractivity contribution in [1.82, 2.24) is 10.2 Å². The number of rotatable bonds is 6. The molecule has 3 nitrogen and oxygen atoms in total. The minimum atomic E-state index is -0.386. The Hall–Kier alpha value is -1.91. The first-order chi connectivity index (χ1) is 14.6. The number of hydrogen-bond donors (Lipinski definition) is 1. The number of aryl methyl sites for hydroxylation is 1. The molecule has 0 spiro atoms. The van der Waals surface area contributed by atoms with E-state index in [-0.39, 0.29) is 29.1 Å². The molecule has 3 rings (SSSR count). The second kappa shape index (κ2) is 9.70. The van der Waals surface area contributed by atoms with Crippen LogP contribution >= 0.6 is 11.6 Å². The fraction of sp³-hybridized carbons (Fsp3) is 0.500. The quantitative estimate of drug-likeness (QED) is 0.587. The molecule has 2 atom stereocenters. The zero-order valence-corrected chi connectivity index (χ0v) is 20.0. The van der Waals surface area contributed by atoms with Crippen molar-refractivity contribution >= 4 is 17.5 Å². The largest absolute Gasteiger partial charge is 0.348 e. The summed E-state index contributed by atoms with van der Waals surface area (Å²) < 4.78 is 13.7. The van der Waals surface area contributed by atoms with Gasteiger partial charge in [0.05, 0.1) is 0 Å². The van der Waals surface area contributed by atoms with Gasteiger partial charge in [0.2, 0.25) is 0 Å². The minimum absolute atomic E-state index is 0.00181. The van der Waals surface area contributed by atoms with Crippen molar-refractivity contribution in [2.24, 2.45) is 11.3 Å². The van der Waals surface area contributed by atoms with Crippen LogP contribution in [-0.4, -0.2) is 36.5 Å². The van der Waals surface area contributed by atoms with Crippen LogP contribution in [0.25, 0.3) is 0 Å². The highest BCUT2D eigenvalue weighted by Gasteiger charge is 2.37. The number of likely N-dealkylation sites (tertiary alicyclic amines) is 1. The third-order valence-corrected chi connectivity index (χ3v) is 6.85. The molecule has 1 aliphatic rings. The lowest BCUT2D eigenvalue weighted by molar-refractivity contribution is 0.0731. The Balaban J connectivity index is 1.67. The molecule has 2 aromatic rings. The predicted octanol–water partition coefficient (Wildman–Crippen LogP) is 6.06. The molecule has 0 bridgehead atoms. The zero-order valence-electron chi connectivity index (χ0n) is 19.2. The molecule has 31 heavy (non-hydrogen) atoms. The van der Waals surface area contributed by atoms with Gasteiger partial charge in [-0.15, -0.1) is 0 Å². The predicted molar refractivity (Wildman–Crippen MR) is 126 cm³/mol. The number of carbonyl (C=O) groups is 1. The summed E-state index contributed by atoms with van der Waals surface area (Å²) >= 11 is 6.07. The van der Waals surface area contributed by atoms with Crippen LogP contribution in [0.4, 0.5) is 4.39 Å². The lowest BCUT2D eigenvalue weighted by atomic mass is 9.70. The number of nitrogens with zero attached hydrogens (tertiary/aromatic N) is 1. The number of piperidine rings is 1. The van der Waals surface area contributed by atoms with E-state index < -0.39 is 0 Å². The molecular weight excluding hydrogens is 411 g/mol. The van der Waals surface area contributed by atoms with Gasteiger partial charge in [-0.25, -0.2) is 4.39 Å². The Kier molecular flexibility index (Phi) is 7.43. The highest BCUT2D eigenvalue weighted by Crippen LogP contribution is 2.42. The topological polar surface area (TPSA) is 32.3 Å². The van der Waals surface area contributed by atoms with Gasteiger partial charge >= 0.3 is 0 Å². The Morgan fingerprint density at radius 1 is 1.23 bits per heavy atom. The van der Waals surface area contributed by atoms with Crippen molar-refractivity contribution < 1.29 is 9.18 Å². The van der Waals surface area contributed by atoms with Gasteiger partial charge in [-0.2, -0.15) is 0 Å². The standard InChI is InChI=1S/C26H34ClFN2O/c1-17(2)24(29-25(31)22-14-21(28)11-6-18(22)3)15-30-13-12-23(26(4,5)16-30)19-7-9-20(27)10-8-19/h6-11,14,17,23-24H,12-13,15-16H2,1-5H3,(H,29,31)/t23-,24+/m1/s1. The first-order valence-electron chi connectivity index (χ1n) is 11.1. The van der Waals surface area contributed by atoms with Gasteiger partial charge in [0, 0.05) is 29.7 Å². The van der Waals surface area contributed by atoms with Gasteiger partial charge in [-0.05, 0) is 72.5 Å². The summed E-state index contributed by atoms with van der Waals surface area (Å²) in [6.45, 7) is 13.4. The van der Waals surface area contributed by atoms with E-state index in [1.54, 1.807) is 6.07 Å². The minimum Gasteiger partial charge on any atom is -0.348 e. The summed E-state index contributed by atoms with van der Waals surface area (Å²) in [4.78, 5) is 15.3. The average molecular weight is 445 g/mol. The molecule has 1 heterocycles. The van der Waals surface area contributed by atoms with Gasteiger partial charge < -0.3 is 10.2 Å². The number of benzene rings is 2. The number of nitrogens with one attached hydrogen (secondary N) is 1. The molecule has 168 valence electrons. The van der Waals surface area contributed by atoms with E-state index in [1.807, 2.05) is 19.1 Å². The van der Waals surface area contributed by atoms with Crippen molar-refractivity contribution in [2.45, 2.75) is 53.0 Å². The fourth-order valence-electron chi connectivity index (χ4n) is 4.72. The van der Waals surface area contributed by atoms with Crippen LogP contribution in [0.5, 0.6) is 0 Å². The summed E-state index contributed by atoms with van der Waals surface area (Å²) in [5.41, 5.74) is 2.64. The highest BCUT2D eigenvalue weighted by atomic mass is 35.5. The third kappa shape index (κ3) is 5.87. The molecule has 2 aromatic carbocycles. The Morgan fingerprint density at radius 3 is 2.52 bits per heavy atom. The number of amides is 1. The van der Waals surface area contributed by atoms with Gasteiger partial charge in [0.25, 0.3) is 5.91 Å². The monoisotopic (exact) mass is 444 g/mol. The summed E-state index contributed by atoms with van der Waals surface area (Å²) in [6, 6.07) is 12.6. The van der Waals surface area contributed by atoms with Gasteiger partial charge in [0.15, 0.2) is 0 Å². The molecule has 0 radical (unpaired) electrons. The molecule has 1 N–H and O–H groups in total. The molecule has 0 aromatic heterocycles. The van der Waals surface area contributed by atoms with Crippen molar-refractivity contribution in [3.63, 3.8) is 0 Å². The smallest absolute Gasteiger partial charge is 0.251 e. The van der Waals surface area contributed by atoms with Crippen LogP contribution < -0.4 is 5.32 Å². The van der Waals surface area contributed by atoms with Crippen molar-refractivity contribution in [2.75, 3.05) is 19.6 Å². The van der Waals surface area contributed by atoms with E-state index in [0.29, 0.717) is 11.5 Å². The zero-order chi connectivity index (χ0) is 22.8. The van der Waals surface area contributed by atoms with Gasteiger partial charge in [0.1, 0.15) is 5.82 Å². The Morgan fingerprint density at radius 2 is 1.90 bits per heavy atom. The molecular formula is C26H34ClFN2O. The first-order valence-corrected chi connectivity index (χ1v) is 11.5. The van der Waals surface area contributed by atoms with Gasteiger partial charge in [-0.1, -0.05) is 57.5 Å². The molecule has 1 saturated heterocycles. The molecule has 0 saturated carbocycles. The summed E-state index contributed by atoms with van der Waals surface area (Å²) in [5.74, 6) is 0.159. The second-order valence-electron chi connectivity index (χ2n) is 9.90. The van der Waals surface area contributed by atoms with Crippen LogP contribution in [0.3, 0.4) is 0 Å². The van der Waals surface area contributed by atoms with Crippen LogP contribution in [0, 0.1) is 24.1 Å². The highest BCUT2D eigenvalue weighted by molar-refractivity contribution is 6.30. The first kappa shape index (κ1) is 23.7. The molecule has 1 aliphatic heterocycles. The van der Waals surface area contributed by atoms with E-state index in [0.717, 1.165) is 36.6 Å². The maximum Gasteiger partial charge on any atom is 0.251 e. The third-order valence-electron chi connectivity index (χ3n) is 6.60. The van der Waals surface area contributed by atoms with Crippen LogP contribution in [0.15, 0.2) is 42.5 Å². The SMILES string of the molecule is Cc1ccc(F)cc1C(=O)N[C@@H](CN1CC[C@H](c2ccc(Cl)cc2)C(C)(C)C1)C(C)C. The van der Waals surface area contributed by atoms with E-state index in [2.05, 4.69) is 50.0 Å². The second-order valence-corrected chi connectivity index (χ2v) is 10.3. The summed E-state index contributed by atoms with van der Waals surface area (Å²) in [5, 5.41) is 3.93. The van der Waals surface area contributed by atoms with Crippen molar-refractivity contribution in [1.29, 1.82) is 0 Å². The normalized spacial score (nSPS) is 19.9. The van der Waals surface area contributed by atoms with Crippen molar-refractivity contribution in [3.8, 4) is 0 Å². The van der Waals surface area contributed by atoms with Crippen LogP contribution in [0.2, 0.25) is 5.02 Å². The number of hydrogen-bond acceptors (Lipinski definition) is 2. The van der Waals surface area contributed by atoms with Gasteiger partial charge in [-0.3, -0.25) is 4.79 Å². The number of halogens is 2. The van der Waals surface area contributed by atoms with E-state index in [9.17, 15) is 9.18 Å². The number of carbonyl (C=O) groups excluding carboxylic acids is 1. The van der Waals surface area contributed by atoms with E-state index in [1.165, 1.54) is 17.7 Å². The lowest BCUT2D eigenvalue weighted by Gasteiger charge is -2.46. The maximum absolute atomic E-state index is 13.7. The molecule has 1 amide bonds. The molecule has 1 fully saturated rings. The Labute approximate surface area is 191 Å². The van der Waals surface area contributed by atoms with Crippen molar-refractivity contribution in [3.05, 3.63) is 70.0 Å². The maximum atomic E-state index is 13.7. The molecule has 0 aliphatic carbocycles. The van der Waals surface area contributed by atoms with Crippen LogP contribution in [0.1, 0.15) is 61.5 Å². The fourth-order valence-corrected chi connectivity index (χ4v) is 4.85. The average Bonchev–Trinajstić information content (AvgIpc) is 2.69. The van der Waals surface area contributed by atoms with E-state index >= 15 is 0 Å². The lowest BCUT2D eigenvalue weighted by Crippen LogP contribution is -2.52. The Bertz CT molecular complexity index is 910. The summed E-state index contributed by atoms with van der Waals surface area (Å²) in [6.07, 6.45) is 1.07. The van der Waals surface area contributed by atoms with E-state index in [4.69, 9.17) is 11.6 Å².